The van der Waals surface area contributed by atoms with Gasteiger partial charge in [0.1, 0.15) is 34.3 Å². The summed E-state index contributed by atoms with van der Waals surface area (Å²) in [7, 11) is 0. The standard InChI is InChI=1S/C38H44N6O4.C23H27N3O2/c1-37(2,3)47-35(45)43-17-7-9-31(43)33-39-22-30(42-33)27-14-13-23-19-24(11-12-25(23)20-27)26-15-16-28-29(21-26)41-34(40-28)32-10-8-18-44(32)36(46)48-38(4,5)6;1-15-7-8-17-13-18(10-9-16(17)12-15)19-14-24-21(25-19)20-6-5-11-26(20)22(27)28-23(2,3)4/h11-16,19-22,31-32H,7-10,17-18H2,1-6H3,(H,39,42)(H,40,41);7-10,12-14,20H,5-6,11H2,1-4H3,(H,24,25)/t31-,32-;20-/m00/s1. The molecule has 0 saturated carbocycles. The summed E-state index contributed by atoms with van der Waals surface area (Å²) in [6.45, 7) is 21.1. The Morgan fingerprint density at radius 2 is 0.855 bits per heavy atom. The zero-order valence-corrected chi connectivity index (χ0v) is 45.5. The second-order valence-electron chi connectivity index (χ2n) is 23.6. The molecule has 0 aliphatic carbocycles. The molecule has 3 aliphatic heterocycles. The Morgan fingerprint density at radius 3 is 1.32 bits per heavy atom. The van der Waals surface area contributed by atoms with Crippen LogP contribution >= 0.6 is 0 Å². The number of aromatic nitrogens is 6. The van der Waals surface area contributed by atoms with Gasteiger partial charge in [-0.1, -0.05) is 66.2 Å². The SMILES string of the molecule is CC(C)(C)OC(=O)N1CCC[C@H]1c1ncc(-c2ccc3cc(-c4ccc5nc([C@@H]6CCCN6C(=O)OC(C)(C)C)[nH]c5c4)ccc3c2)[nH]1.Cc1ccc2cc(-c3cnc([C@@H]4CCCN4C(=O)OC(C)(C)C)[nH]3)ccc2c1. The van der Waals surface area contributed by atoms with Crippen molar-refractivity contribution in [2.75, 3.05) is 19.6 Å². The maximum atomic E-state index is 12.9. The molecule has 15 heteroatoms. The Kier molecular flexibility index (Phi) is 13.9. The van der Waals surface area contributed by atoms with E-state index in [1.54, 1.807) is 14.7 Å². The van der Waals surface area contributed by atoms with Gasteiger partial charge in [0.05, 0.1) is 52.9 Å². The number of rotatable bonds is 6. The van der Waals surface area contributed by atoms with E-state index in [-0.39, 0.29) is 36.4 Å². The molecule has 3 aliphatic rings. The second-order valence-corrected chi connectivity index (χ2v) is 23.6. The molecule has 3 saturated heterocycles. The van der Waals surface area contributed by atoms with Crippen LogP contribution in [-0.4, -0.2) is 99.3 Å². The zero-order valence-electron chi connectivity index (χ0n) is 45.5. The van der Waals surface area contributed by atoms with Gasteiger partial charge in [-0.05, 0) is 171 Å². The normalized spacial score (nSPS) is 18.1. The Morgan fingerprint density at radius 1 is 0.474 bits per heavy atom. The molecule has 0 radical (unpaired) electrons. The molecule has 3 fully saturated rings. The number of benzene rings is 5. The number of amides is 3. The van der Waals surface area contributed by atoms with Crippen molar-refractivity contribution in [2.45, 2.75) is 143 Å². The number of fused-ring (bicyclic) bond motifs is 3. The first-order chi connectivity index (χ1) is 36.1. The van der Waals surface area contributed by atoms with E-state index in [2.05, 4.69) is 117 Å². The van der Waals surface area contributed by atoms with E-state index in [0.29, 0.717) is 19.6 Å². The van der Waals surface area contributed by atoms with Crippen molar-refractivity contribution >= 4 is 50.9 Å². The lowest BCUT2D eigenvalue weighted by Crippen LogP contribution is -2.36. The van der Waals surface area contributed by atoms with Crippen molar-refractivity contribution in [3.05, 3.63) is 126 Å². The predicted molar refractivity (Wildman–Crippen MR) is 298 cm³/mol. The molecular weight excluding hydrogens is 955 g/mol. The van der Waals surface area contributed by atoms with Crippen LogP contribution in [0.1, 0.15) is 142 Å². The van der Waals surface area contributed by atoms with Crippen molar-refractivity contribution in [3.63, 3.8) is 0 Å². The Hall–Kier alpha value is -7.68. The number of aryl methyl sites for hydroxylation is 1. The average Bonchev–Trinajstić information content (AvgIpc) is 4.24. The first kappa shape index (κ1) is 51.8. The predicted octanol–water partition coefficient (Wildman–Crippen LogP) is 14.5. The monoisotopic (exact) mass is 1030 g/mol. The number of hydrogen-bond acceptors (Lipinski definition) is 9. The summed E-state index contributed by atoms with van der Waals surface area (Å²) in [5.74, 6) is 2.40. The minimum Gasteiger partial charge on any atom is -0.444 e. The van der Waals surface area contributed by atoms with Gasteiger partial charge in [-0.2, -0.15) is 0 Å². The van der Waals surface area contributed by atoms with Crippen LogP contribution < -0.4 is 0 Å². The van der Waals surface area contributed by atoms with Gasteiger partial charge in [-0.25, -0.2) is 29.3 Å². The van der Waals surface area contributed by atoms with Gasteiger partial charge < -0.3 is 29.2 Å². The van der Waals surface area contributed by atoms with E-state index in [9.17, 15) is 14.4 Å². The molecule has 396 valence electrons. The van der Waals surface area contributed by atoms with E-state index in [4.69, 9.17) is 19.2 Å². The minimum atomic E-state index is -0.542. The number of likely N-dealkylation sites (tertiary alicyclic amines) is 3. The van der Waals surface area contributed by atoms with Crippen LogP contribution in [0, 0.1) is 6.92 Å². The van der Waals surface area contributed by atoms with Gasteiger partial charge in [0.15, 0.2) is 0 Å². The van der Waals surface area contributed by atoms with Gasteiger partial charge in [0.25, 0.3) is 0 Å². The third-order valence-electron chi connectivity index (χ3n) is 14.1. The van der Waals surface area contributed by atoms with E-state index >= 15 is 0 Å². The highest BCUT2D eigenvalue weighted by Crippen LogP contribution is 2.38. The molecule has 8 aromatic rings. The number of H-pyrrole nitrogens is 3. The lowest BCUT2D eigenvalue weighted by atomic mass is 9.99. The fraction of sp³-hybridized carbons (Fsp3) is 0.410. The van der Waals surface area contributed by atoms with Gasteiger partial charge in [-0.3, -0.25) is 14.7 Å². The Balaban J connectivity index is 0.000000199. The van der Waals surface area contributed by atoms with Gasteiger partial charge in [0.2, 0.25) is 0 Å². The highest BCUT2D eigenvalue weighted by molar-refractivity contribution is 5.92. The van der Waals surface area contributed by atoms with Crippen LogP contribution in [-0.2, 0) is 14.2 Å². The number of hydrogen-bond donors (Lipinski definition) is 3. The molecule has 3 atom stereocenters. The maximum Gasteiger partial charge on any atom is 0.410 e. The molecule has 3 amide bonds. The largest absolute Gasteiger partial charge is 0.444 e. The fourth-order valence-electron chi connectivity index (χ4n) is 10.6. The summed E-state index contributed by atoms with van der Waals surface area (Å²) in [4.78, 5) is 68.2. The maximum absolute atomic E-state index is 12.9. The fourth-order valence-corrected chi connectivity index (χ4v) is 10.6. The number of nitrogens with zero attached hydrogens (tertiary/aromatic N) is 6. The van der Waals surface area contributed by atoms with Crippen LogP contribution in [0.5, 0.6) is 0 Å². The summed E-state index contributed by atoms with van der Waals surface area (Å²) in [5, 5.41) is 4.69. The first-order valence-corrected chi connectivity index (χ1v) is 26.8. The molecule has 15 nitrogen and oxygen atoms in total. The number of carbonyl (C=O) groups excluding carboxylic acids is 3. The lowest BCUT2D eigenvalue weighted by molar-refractivity contribution is 0.0208. The minimum absolute atomic E-state index is 0.0632. The summed E-state index contributed by atoms with van der Waals surface area (Å²) < 4.78 is 16.9. The quantitative estimate of drug-likeness (QED) is 0.137. The van der Waals surface area contributed by atoms with E-state index in [1.807, 2.05) is 80.8 Å². The van der Waals surface area contributed by atoms with Crippen molar-refractivity contribution in [2.24, 2.45) is 0 Å². The molecule has 11 rings (SSSR count). The molecule has 0 unspecified atom stereocenters. The first-order valence-electron chi connectivity index (χ1n) is 26.8. The number of ether oxygens (including phenoxy) is 3. The molecule has 76 heavy (non-hydrogen) atoms. The third-order valence-corrected chi connectivity index (χ3v) is 14.1. The summed E-state index contributed by atoms with van der Waals surface area (Å²) in [6.07, 6.45) is 8.23. The average molecular weight is 1030 g/mol. The molecule has 0 spiro atoms. The van der Waals surface area contributed by atoms with Crippen molar-refractivity contribution in [3.8, 4) is 33.6 Å². The van der Waals surface area contributed by atoms with Crippen molar-refractivity contribution in [1.82, 2.24) is 44.6 Å². The number of nitrogens with one attached hydrogen (secondary N) is 3. The Labute approximate surface area is 444 Å². The molecular formula is C61H71N9O6. The summed E-state index contributed by atoms with van der Waals surface area (Å²) in [5.41, 5.74) is 7.70. The molecule has 5 aromatic carbocycles. The smallest absolute Gasteiger partial charge is 0.410 e. The molecule has 6 heterocycles. The topological polar surface area (TPSA) is 175 Å². The van der Waals surface area contributed by atoms with Gasteiger partial charge in [-0.15, -0.1) is 0 Å². The third kappa shape index (κ3) is 11.6. The van der Waals surface area contributed by atoms with E-state index < -0.39 is 16.8 Å². The number of carbonyl (C=O) groups is 3. The van der Waals surface area contributed by atoms with E-state index in [1.165, 1.54) is 16.3 Å². The second kappa shape index (κ2) is 20.5. The van der Waals surface area contributed by atoms with Crippen molar-refractivity contribution < 1.29 is 28.6 Å². The van der Waals surface area contributed by atoms with Crippen LogP contribution in [0.4, 0.5) is 14.4 Å². The van der Waals surface area contributed by atoms with Crippen LogP contribution in [0.3, 0.4) is 0 Å². The van der Waals surface area contributed by atoms with Crippen LogP contribution in [0.2, 0.25) is 0 Å². The Bertz CT molecular complexity index is 3440. The van der Waals surface area contributed by atoms with Gasteiger partial charge >= 0.3 is 18.3 Å². The summed E-state index contributed by atoms with van der Waals surface area (Å²) >= 11 is 0. The zero-order chi connectivity index (χ0) is 53.7. The number of aromatic amines is 3. The molecule has 3 N–H and O–H groups in total. The molecule has 0 bridgehead atoms. The lowest BCUT2D eigenvalue weighted by Gasteiger charge is -2.27. The van der Waals surface area contributed by atoms with Crippen LogP contribution in [0.25, 0.3) is 66.2 Å². The molecule has 3 aromatic heterocycles. The highest BCUT2D eigenvalue weighted by Gasteiger charge is 2.37. The van der Waals surface area contributed by atoms with Gasteiger partial charge in [0, 0.05) is 30.8 Å². The highest BCUT2D eigenvalue weighted by atomic mass is 16.6. The number of imidazole rings is 3. The van der Waals surface area contributed by atoms with Crippen LogP contribution in [0.15, 0.2) is 103 Å². The van der Waals surface area contributed by atoms with E-state index in [0.717, 1.165) is 111 Å². The summed E-state index contributed by atoms with van der Waals surface area (Å²) in [6, 6.07) is 31.7. The van der Waals surface area contributed by atoms with Crippen molar-refractivity contribution in [1.29, 1.82) is 0 Å².